The zero-order valence-electron chi connectivity index (χ0n) is 10.9. The van der Waals surface area contributed by atoms with Crippen LogP contribution in [0.3, 0.4) is 0 Å². The maximum Gasteiger partial charge on any atom is 0.245 e. The molecule has 0 heterocycles. The third-order valence-electron chi connectivity index (χ3n) is 2.79. The second-order valence-electron chi connectivity index (χ2n) is 4.29. The van der Waals surface area contributed by atoms with E-state index >= 15 is 0 Å². The van der Waals surface area contributed by atoms with Crippen molar-refractivity contribution in [2.24, 2.45) is 0 Å². The zero-order valence-corrected chi connectivity index (χ0v) is 11.7. The molecule has 108 valence electrons. The maximum atomic E-state index is 13.6. The molecule has 3 N–H and O–H groups in total. The fourth-order valence-corrected chi connectivity index (χ4v) is 3.01. The van der Waals surface area contributed by atoms with Crippen molar-refractivity contribution < 1.29 is 12.8 Å². The molecule has 0 aliphatic carbocycles. The predicted molar refractivity (Wildman–Crippen MR) is 76.0 cm³/mol. The summed E-state index contributed by atoms with van der Waals surface area (Å²) in [5.74, 6) is -0.909. The molecule has 2 aromatic rings. The standard InChI is InChI=1S/C14H12FN3O2S/c15-12-5-2-6-13(17)14(12)21(19,20)18-9-11-4-1-3-10(7-11)8-16/h1-7,18H,9,17H2. The van der Waals surface area contributed by atoms with Crippen LogP contribution < -0.4 is 10.5 Å². The van der Waals surface area contributed by atoms with Gasteiger partial charge in [-0.1, -0.05) is 18.2 Å². The van der Waals surface area contributed by atoms with Crippen LogP contribution in [0.5, 0.6) is 0 Å². The zero-order chi connectivity index (χ0) is 15.5. The van der Waals surface area contributed by atoms with E-state index in [1.54, 1.807) is 24.3 Å². The Labute approximate surface area is 121 Å². The van der Waals surface area contributed by atoms with Crippen LogP contribution in [0.15, 0.2) is 47.4 Å². The Balaban J connectivity index is 2.24. The van der Waals surface area contributed by atoms with E-state index in [0.717, 1.165) is 6.07 Å². The van der Waals surface area contributed by atoms with Crippen LogP contribution in [0, 0.1) is 17.1 Å². The average Bonchev–Trinajstić information content (AvgIpc) is 2.45. The second kappa shape index (κ2) is 5.91. The molecule has 0 spiro atoms. The SMILES string of the molecule is N#Cc1cccc(CNS(=O)(=O)c2c(N)cccc2F)c1. The monoisotopic (exact) mass is 305 g/mol. The number of hydrogen-bond donors (Lipinski definition) is 2. The molecule has 0 aliphatic rings. The predicted octanol–water partition coefficient (Wildman–Crippen LogP) is 1.76. The molecule has 2 aromatic carbocycles. The van der Waals surface area contributed by atoms with Gasteiger partial charge in [-0.05, 0) is 29.8 Å². The summed E-state index contributed by atoms with van der Waals surface area (Å²) < 4.78 is 40.1. The van der Waals surface area contributed by atoms with Gasteiger partial charge in [0.25, 0.3) is 0 Å². The Morgan fingerprint density at radius 2 is 1.95 bits per heavy atom. The topological polar surface area (TPSA) is 96.0 Å². The first-order valence-electron chi connectivity index (χ1n) is 5.97. The molecule has 0 bridgehead atoms. The lowest BCUT2D eigenvalue weighted by atomic mass is 10.1. The number of sulfonamides is 1. The summed E-state index contributed by atoms with van der Waals surface area (Å²) in [5.41, 5.74) is 6.37. The van der Waals surface area contributed by atoms with Crippen molar-refractivity contribution in [1.82, 2.24) is 4.72 Å². The molecule has 0 amide bonds. The van der Waals surface area contributed by atoms with Gasteiger partial charge in [-0.3, -0.25) is 0 Å². The summed E-state index contributed by atoms with van der Waals surface area (Å²) in [6.45, 7) is -0.0639. The number of nitrogens with one attached hydrogen (secondary N) is 1. The third kappa shape index (κ3) is 3.37. The van der Waals surface area contributed by atoms with Crippen LogP contribution in [0.25, 0.3) is 0 Å². The summed E-state index contributed by atoms with van der Waals surface area (Å²) in [7, 11) is -4.07. The normalized spacial score (nSPS) is 11.0. The molecule has 0 radical (unpaired) electrons. The van der Waals surface area contributed by atoms with E-state index in [1.807, 2.05) is 6.07 Å². The summed E-state index contributed by atoms with van der Waals surface area (Å²) in [6, 6.07) is 12.1. The van der Waals surface area contributed by atoms with Gasteiger partial charge in [-0.25, -0.2) is 17.5 Å². The van der Waals surface area contributed by atoms with E-state index in [1.165, 1.54) is 12.1 Å². The van der Waals surface area contributed by atoms with Gasteiger partial charge in [0.15, 0.2) is 0 Å². The van der Waals surface area contributed by atoms with E-state index in [4.69, 9.17) is 11.0 Å². The number of nitrogen functional groups attached to an aromatic ring is 1. The molecule has 0 aromatic heterocycles. The van der Waals surface area contributed by atoms with Crippen LogP contribution in [0.4, 0.5) is 10.1 Å². The molecule has 0 aliphatic heterocycles. The fourth-order valence-electron chi connectivity index (χ4n) is 1.81. The number of rotatable bonds is 4. The Hall–Kier alpha value is -2.43. The van der Waals surface area contributed by atoms with Crippen molar-refractivity contribution >= 4 is 15.7 Å². The van der Waals surface area contributed by atoms with Crippen molar-refractivity contribution in [1.29, 1.82) is 5.26 Å². The number of nitrogens with zero attached hydrogens (tertiary/aromatic N) is 1. The minimum atomic E-state index is -4.07. The molecular formula is C14H12FN3O2S. The average molecular weight is 305 g/mol. The van der Waals surface area contributed by atoms with E-state index in [-0.39, 0.29) is 12.2 Å². The van der Waals surface area contributed by atoms with E-state index in [0.29, 0.717) is 11.1 Å². The molecule has 21 heavy (non-hydrogen) atoms. The van der Waals surface area contributed by atoms with Crippen LogP contribution in [0.2, 0.25) is 0 Å². The first-order valence-corrected chi connectivity index (χ1v) is 7.45. The van der Waals surface area contributed by atoms with Gasteiger partial charge in [0.05, 0.1) is 17.3 Å². The number of nitrogens with two attached hydrogens (primary N) is 1. The number of halogens is 1. The largest absolute Gasteiger partial charge is 0.398 e. The van der Waals surface area contributed by atoms with Crippen molar-refractivity contribution in [3.05, 3.63) is 59.4 Å². The van der Waals surface area contributed by atoms with Crippen molar-refractivity contribution in [3.63, 3.8) is 0 Å². The van der Waals surface area contributed by atoms with Gasteiger partial charge in [-0.15, -0.1) is 0 Å². The Kier molecular flexibility index (Phi) is 4.21. The number of anilines is 1. The highest BCUT2D eigenvalue weighted by molar-refractivity contribution is 7.89. The van der Waals surface area contributed by atoms with Crippen molar-refractivity contribution in [2.75, 3.05) is 5.73 Å². The molecule has 0 saturated heterocycles. The van der Waals surface area contributed by atoms with E-state index in [2.05, 4.69) is 4.72 Å². The number of nitriles is 1. The van der Waals surface area contributed by atoms with Crippen LogP contribution in [-0.2, 0) is 16.6 Å². The van der Waals surface area contributed by atoms with Gasteiger partial charge in [-0.2, -0.15) is 5.26 Å². The van der Waals surface area contributed by atoms with Crippen LogP contribution in [-0.4, -0.2) is 8.42 Å². The minimum absolute atomic E-state index is 0.0639. The molecule has 5 nitrogen and oxygen atoms in total. The highest BCUT2D eigenvalue weighted by Crippen LogP contribution is 2.21. The number of benzene rings is 2. The summed E-state index contributed by atoms with van der Waals surface area (Å²) in [6.07, 6.45) is 0. The van der Waals surface area contributed by atoms with Gasteiger partial charge in [0.1, 0.15) is 10.7 Å². The van der Waals surface area contributed by atoms with Crippen LogP contribution >= 0.6 is 0 Å². The first kappa shape index (κ1) is 15.0. The molecular weight excluding hydrogens is 293 g/mol. The Morgan fingerprint density at radius 1 is 1.24 bits per heavy atom. The number of hydrogen-bond acceptors (Lipinski definition) is 4. The van der Waals surface area contributed by atoms with Gasteiger partial charge >= 0.3 is 0 Å². The lowest BCUT2D eigenvalue weighted by Gasteiger charge is -2.10. The van der Waals surface area contributed by atoms with Crippen LogP contribution in [0.1, 0.15) is 11.1 Å². The summed E-state index contributed by atoms with van der Waals surface area (Å²) in [5, 5.41) is 8.79. The highest BCUT2D eigenvalue weighted by Gasteiger charge is 2.21. The summed E-state index contributed by atoms with van der Waals surface area (Å²) >= 11 is 0. The van der Waals surface area contributed by atoms with E-state index in [9.17, 15) is 12.8 Å². The fraction of sp³-hybridized carbons (Fsp3) is 0.0714. The molecule has 2 rings (SSSR count). The first-order chi connectivity index (χ1) is 9.94. The third-order valence-corrected chi connectivity index (χ3v) is 4.28. The van der Waals surface area contributed by atoms with Gasteiger partial charge < -0.3 is 5.73 Å². The van der Waals surface area contributed by atoms with E-state index < -0.39 is 20.7 Å². The lowest BCUT2D eigenvalue weighted by molar-refractivity contribution is 0.558. The minimum Gasteiger partial charge on any atom is -0.398 e. The molecule has 0 unspecified atom stereocenters. The van der Waals surface area contributed by atoms with Crippen molar-refractivity contribution in [2.45, 2.75) is 11.4 Å². The van der Waals surface area contributed by atoms with Crippen molar-refractivity contribution in [3.8, 4) is 6.07 Å². The Morgan fingerprint density at radius 3 is 2.62 bits per heavy atom. The molecule has 0 atom stereocenters. The van der Waals surface area contributed by atoms with Gasteiger partial charge in [0, 0.05) is 6.54 Å². The quantitative estimate of drug-likeness (QED) is 0.841. The lowest BCUT2D eigenvalue weighted by Crippen LogP contribution is -2.25. The smallest absolute Gasteiger partial charge is 0.245 e. The van der Waals surface area contributed by atoms with Gasteiger partial charge in [0.2, 0.25) is 10.0 Å². The molecule has 0 fully saturated rings. The summed E-state index contributed by atoms with van der Waals surface area (Å²) in [4.78, 5) is -0.568. The highest BCUT2D eigenvalue weighted by atomic mass is 32.2. The second-order valence-corrected chi connectivity index (χ2v) is 6.00. The molecule has 0 saturated carbocycles. The molecule has 7 heteroatoms. The maximum absolute atomic E-state index is 13.6. The Bertz CT molecular complexity index is 793.